The molecule has 2 aliphatic rings. The van der Waals surface area contributed by atoms with Gasteiger partial charge in [0.25, 0.3) is 5.91 Å². The molecule has 0 atom stereocenters. The van der Waals surface area contributed by atoms with Crippen molar-refractivity contribution in [2.24, 2.45) is 0 Å². The summed E-state index contributed by atoms with van der Waals surface area (Å²) in [7, 11) is 0. The second-order valence-electron chi connectivity index (χ2n) is 6.78. The van der Waals surface area contributed by atoms with Crippen LogP contribution in [0.3, 0.4) is 0 Å². The van der Waals surface area contributed by atoms with Crippen molar-refractivity contribution in [2.45, 2.75) is 18.5 Å². The SMILES string of the molecule is O=C1NC2(CCN(C(=O)Nc3ccc(Cl)cc3)CC2)Nc2ccc(Br)cc21. The Morgan fingerprint density at radius 2 is 1.81 bits per heavy atom. The highest BCUT2D eigenvalue weighted by molar-refractivity contribution is 9.10. The van der Waals surface area contributed by atoms with Crippen LogP contribution in [0.5, 0.6) is 0 Å². The van der Waals surface area contributed by atoms with Crippen molar-refractivity contribution >= 4 is 50.8 Å². The van der Waals surface area contributed by atoms with Gasteiger partial charge in [-0.3, -0.25) is 4.79 Å². The minimum Gasteiger partial charge on any atom is -0.362 e. The first-order valence-electron chi connectivity index (χ1n) is 8.66. The molecule has 3 amide bonds. The van der Waals surface area contributed by atoms with Gasteiger partial charge in [-0.25, -0.2) is 4.79 Å². The Balaban J connectivity index is 1.41. The molecule has 3 N–H and O–H groups in total. The molecule has 2 heterocycles. The number of halogens is 2. The van der Waals surface area contributed by atoms with E-state index in [4.69, 9.17) is 11.6 Å². The Morgan fingerprint density at radius 1 is 1.11 bits per heavy atom. The van der Waals surface area contributed by atoms with Gasteiger partial charge in [0.2, 0.25) is 0 Å². The molecule has 2 aliphatic heterocycles. The molecule has 0 saturated carbocycles. The van der Waals surface area contributed by atoms with E-state index in [1.54, 1.807) is 35.2 Å². The summed E-state index contributed by atoms with van der Waals surface area (Å²) in [5.74, 6) is -0.0934. The van der Waals surface area contributed by atoms with Crippen LogP contribution >= 0.6 is 27.5 Å². The van der Waals surface area contributed by atoms with Crippen LogP contribution in [0.15, 0.2) is 46.9 Å². The smallest absolute Gasteiger partial charge is 0.321 e. The second kappa shape index (κ2) is 7.05. The van der Waals surface area contributed by atoms with Gasteiger partial charge < -0.3 is 20.9 Å². The highest BCUT2D eigenvalue weighted by Gasteiger charge is 2.41. The van der Waals surface area contributed by atoms with Gasteiger partial charge in [-0.1, -0.05) is 27.5 Å². The number of amides is 3. The lowest BCUT2D eigenvalue weighted by molar-refractivity contribution is 0.0852. The number of benzene rings is 2. The van der Waals surface area contributed by atoms with E-state index in [0.29, 0.717) is 42.2 Å². The average Bonchev–Trinajstić information content (AvgIpc) is 2.65. The molecule has 2 aromatic rings. The van der Waals surface area contributed by atoms with Gasteiger partial charge in [0, 0.05) is 46.8 Å². The fourth-order valence-corrected chi connectivity index (χ4v) is 3.95. The predicted octanol–water partition coefficient (Wildman–Crippen LogP) is 4.28. The van der Waals surface area contributed by atoms with Gasteiger partial charge in [0.05, 0.1) is 5.56 Å². The second-order valence-corrected chi connectivity index (χ2v) is 8.13. The molecule has 1 fully saturated rings. The number of hydrogen-bond acceptors (Lipinski definition) is 3. The highest BCUT2D eigenvalue weighted by Crippen LogP contribution is 2.33. The van der Waals surface area contributed by atoms with Crippen molar-refractivity contribution in [3.63, 3.8) is 0 Å². The van der Waals surface area contributed by atoms with Crippen molar-refractivity contribution in [1.82, 2.24) is 10.2 Å². The molecule has 0 unspecified atom stereocenters. The largest absolute Gasteiger partial charge is 0.362 e. The van der Waals surface area contributed by atoms with E-state index in [9.17, 15) is 9.59 Å². The number of fused-ring (bicyclic) bond motifs is 1. The highest BCUT2D eigenvalue weighted by atomic mass is 79.9. The molecule has 0 radical (unpaired) electrons. The molecule has 27 heavy (non-hydrogen) atoms. The first kappa shape index (κ1) is 18.1. The van der Waals surface area contributed by atoms with Gasteiger partial charge in [0.15, 0.2) is 0 Å². The van der Waals surface area contributed by atoms with Crippen LogP contribution in [0.2, 0.25) is 5.02 Å². The zero-order chi connectivity index (χ0) is 19.0. The lowest BCUT2D eigenvalue weighted by Crippen LogP contribution is -2.63. The molecule has 1 saturated heterocycles. The van der Waals surface area contributed by atoms with E-state index < -0.39 is 5.66 Å². The number of carbonyl (C=O) groups excluding carboxylic acids is 2. The number of hydrogen-bond donors (Lipinski definition) is 3. The number of rotatable bonds is 1. The van der Waals surface area contributed by atoms with Gasteiger partial charge in [-0.2, -0.15) is 0 Å². The summed E-state index contributed by atoms with van der Waals surface area (Å²) in [5.41, 5.74) is 1.63. The molecule has 6 nitrogen and oxygen atoms in total. The Labute approximate surface area is 170 Å². The van der Waals surface area contributed by atoms with E-state index in [2.05, 4.69) is 31.9 Å². The quantitative estimate of drug-likeness (QED) is 0.608. The molecule has 4 rings (SSSR count). The molecular weight excluding hydrogens is 432 g/mol. The van der Waals surface area contributed by atoms with Crippen LogP contribution in [0.25, 0.3) is 0 Å². The lowest BCUT2D eigenvalue weighted by Gasteiger charge is -2.45. The molecule has 0 aromatic heterocycles. The third-order valence-electron chi connectivity index (χ3n) is 4.95. The number of carbonyl (C=O) groups is 2. The molecule has 140 valence electrons. The van der Waals surface area contributed by atoms with Crippen molar-refractivity contribution < 1.29 is 9.59 Å². The standard InChI is InChI=1S/C19H18BrClN4O2/c20-12-1-6-16-15(11-12)17(26)24-19(23-16)7-9-25(10-8-19)18(27)22-14-4-2-13(21)3-5-14/h1-6,11,23H,7-10H2,(H,22,27)(H,24,26). The summed E-state index contributed by atoms with van der Waals surface area (Å²) in [4.78, 5) is 26.8. The molecule has 8 heteroatoms. The minimum absolute atomic E-state index is 0.0934. The summed E-state index contributed by atoms with van der Waals surface area (Å²) < 4.78 is 0.864. The first-order chi connectivity index (χ1) is 12.9. The first-order valence-corrected chi connectivity index (χ1v) is 9.83. The Bertz CT molecular complexity index is 895. The number of nitrogens with zero attached hydrogens (tertiary/aromatic N) is 1. The number of anilines is 2. The molecule has 0 bridgehead atoms. The van der Waals surface area contributed by atoms with Crippen LogP contribution in [-0.4, -0.2) is 35.6 Å². The van der Waals surface area contributed by atoms with Gasteiger partial charge in [0.1, 0.15) is 5.66 Å². The molecule has 2 aromatic carbocycles. The van der Waals surface area contributed by atoms with Crippen molar-refractivity contribution in [1.29, 1.82) is 0 Å². The van der Waals surface area contributed by atoms with E-state index >= 15 is 0 Å². The summed E-state index contributed by atoms with van der Waals surface area (Å²) in [6, 6.07) is 12.5. The van der Waals surface area contributed by atoms with Crippen LogP contribution in [0, 0.1) is 0 Å². The normalized spacial score (nSPS) is 17.7. The Kier molecular flexibility index (Phi) is 4.74. The maximum atomic E-state index is 12.5. The lowest BCUT2D eigenvalue weighted by atomic mass is 9.92. The summed E-state index contributed by atoms with van der Waals surface area (Å²) in [6.07, 6.45) is 1.25. The Morgan fingerprint density at radius 3 is 2.52 bits per heavy atom. The Hall–Kier alpha value is -2.25. The minimum atomic E-state index is -0.519. The van der Waals surface area contributed by atoms with E-state index in [1.807, 2.05) is 12.1 Å². The molecule has 1 spiro atoms. The maximum Gasteiger partial charge on any atom is 0.321 e. The molecular formula is C19H18BrClN4O2. The fraction of sp³-hybridized carbons (Fsp3) is 0.263. The van der Waals surface area contributed by atoms with Crippen LogP contribution < -0.4 is 16.0 Å². The predicted molar refractivity (Wildman–Crippen MR) is 109 cm³/mol. The summed E-state index contributed by atoms with van der Waals surface area (Å²) in [6.45, 7) is 1.08. The van der Waals surface area contributed by atoms with Gasteiger partial charge in [-0.15, -0.1) is 0 Å². The zero-order valence-electron chi connectivity index (χ0n) is 14.4. The van der Waals surface area contributed by atoms with Crippen LogP contribution in [-0.2, 0) is 0 Å². The van der Waals surface area contributed by atoms with Crippen molar-refractivity contribution in [2.75, 3.05) is 23.7 Å². The molecule has 0 aliphatic carbocycles. The van der Waals surface area contributed by atoms with Crippen LogP contribution in [0.4, 0.5) is 16.2 Å². The van der Waals surface area contributed by atoms with Crippen molar-refractivity contribution in [3.05, 3.63) is 57.5 Å². The van der Waals surface area contributed by atoms with E-state index in [1.165, 1.54) is 0 Å². The maximum absolute atomic E-state index is 12.5. The van der Waals surface area contributed by atoms with E-state index in [0.717, 1.165) is 10.2 Å². The van der Waals surface area contributed by atoms with Crippen molar-refractivity contribution in [3.8, 4) is 0 Å². The number of nitrogens with one attached hydrogen (secondary N) is 3. The van der Waals surface area contributed by atoms with Gasteiger partial charge >= 0.3 is 6.03 Å². The number of likely N-dealkylation sites (tertiary alicyclic amines) is 1. The third-order valence-corrected chi connectivity index (χ3v) is 5.70. The zero-order valence-corrected chi connectivity index (χ0v) is 16.7. The van der Waals surface area contributed by atoms with Crippen LogP contribution in [0.1, 0.15) is 23.2 Å². The monoisotopic (exact) mass is 448 g/mol. The summed E-state index contributed by atoms with van der Waals surface area (Å²) >= 11 is 9.26. The van der Waals surface area contributed by atoms with Gasteiger partial charge in [-0.05, 0) is 42.5 Å². The fourth-order valence-electron chi connectivity index (χ4n) is 3.46. The third kappa shape index (κ3) is 3.75. The number of urea groups is 1. The topological polar surface area (TPSA) is 73.5 Å². The number of piperidine rings is 1. The average molecular weight is 450 g/mol. The summed E-state index contributed by atoms with van der Waals surface area (Å²) in [5, 5.41) is 10.0. The van der Waals surface area contributed by atoms with E-state index in [-0.39, 0.29) is 11.9 Å².